The Morgan fingerprint density at radius 3 is 1.96 bits per heavy atom. The van der Waals surface area contributed by atoms with E-state index in [4.69, 9.17) is 4.74 Å². The van der Waals surface area contributed by atoms with Crippen LogP contribution in [0.5, 0.6) is 0 Å². The first-order chi connectivity index (χ1) is 12.5. The lowest BCUT2D eigenvalue weighted by Gasteiger charge is -2.06. The fourth-order valence-electron chi connectivity index (χ4n) is 2.06. The Balaban J connectivity index is 1.98. The van der Waals surface area contributed by atoms with Crippen molar-refractivity contribution in [3.05, 3.63) is 83.9 Å². The van der Waals surface area contributed by atoms with E-state index < -0.39 is 30.0 Å². The molecular formula is C20H17NO5. The Morgan fingerprint density at radius 1 is 0.846 bits per heavy atom. The topological polar surface area (TPSA) is 89.5 Å². The summed E-state index contributed by atoms with van der Waals surface area (Å²) in [6, 6.07) is 13.7. The Morgan fingerprint density at radius 2 is 1.38 bits per heavy atom. The van der Waals surface area contributed by atoms with Gasteiger partial charge in [0, 0.05) is 17.7 Å². The first-order valence-corrected chi connectivity index (χ1v) is 7.81. The molecule has 0 fully saturated rings. The molecule has 0 aromatic heterocycles. The third-order valence-electron chi connectivity index (χ3n) is 3.40. The molecule has 132 valence electrons. The summed E-state index contributed by atoms with van der Waals surface area (Å²) in [6.45, 7) is 3.32. The predicted molar refractivity (Wildman–Crippen MR) is 95.0 cm³/mol. The highest BCUT2D eigenvalue weighted by atomic mass is 16.5. The quantitative estimate of drug-likeness (QED) is 0.341. The number of hydrogen-bond donors (Lipinski definition) is 1. The number of hydrogen-bond acceptors (Lipinski definition) is 5. The molecule has 0 saturated carbocycles. The SMILES string of the molecule is C=CCNC(=O)COC(=O)c1ccc(C(=O)C(=O)c2ccccc2)cc1. The Kier molecular flexibility index (Phi) is 6.56. The van der Waals surface area contributed by atoms with Crippen LogP contribution < -0.4 is 5.32 Å². The normalized spacial score (nSPS) is 9.85. The molecule has 2 aromatic carbocycles. The first kappa shape index (κ1) is 18.8. The van der Waals surface area contributed by atoms with Gasteiger partial charge in [-0.1, -0.05) is 48.5 Å². The summed E-state index contributed by atoms with van der Waals surface area (Å²) in [5.41, 5.74) is 0.635. The highest BCUT2D eigenvalue weighted by Gasteiger charge is 2.18. The predicted octanol–water partition coefficient (Wildman–Crippen LogP) is 2.21. The average molecular weight is 351 g/mol. The number of benzene rings is 2. The van der Waals surface area contributed by atoms with E-state index in [1.54, 1.807) is 30.3 Å². The van der Waals surface area contributed by atoms with Crippen LogP contribution in [0.25, 0.3) is 0 Å². The van der Waals surface area contributed by atoms with E-state index in [9.17, 15) is 19.2 Å². The van der Waals surface area contributed by atoms with Crippen LogP contribution in [-0.2, 0) is 9.53 Å². The van der Waals surface area contributed by atoms with Crippen molar-refractivity contribution in [1.82, 2.24) is 5.32 Å². The summed E-state index contributed by atoms with van der Waals surface area (Å²) in [5, 5.41) is 2.47. The van der Waals surface area contributed by atoms with Gasteiger partial charge < -0.3 is 10.1 Å². The zero-order valence-electron chi connectivity index (χ0n) is 13.9. The minimum Gasteiger partial charge on any atom is -0.452 e. The van der Waals surface area contributed by atoms with Gasteiger partial charge in [-0.05, 0) is 12.1 Å². The fraction of sp³-hybridized carbons (Fsp3) is 0.100. The molecule has 0 aliphatic carbocycles. The average Bonchev–Trinajstić information content (AvgIpc) is 2.70. The van der Waals surface area contributed by atoms with Crippen molar-refractivity contribution in [1.29, 1.82) is 0 Å². The maximum atomic E-state index is 12.2. The minimum absolute atomic E-state index is 0.166. The van der Waals surface area contributed by atoms with E-state index in [2.05, 4.69) is 11.9 Å². The van der Waals surface area contributed by atoms with E-state index >= 15 is 0 Å². The van der Waals surface area contributed by atoms with Gasteiger partial charge >= 0.3 is 5.97 Å². The van der Waals surface area contributed by atoms with Crippen LogP contribution >= 0.6 is 0 Å². The summed E-state index contributed by atoms with van der Waals surface area (Å²) in [4.78, 5) is 47.6. The summed E-state index contributed by atoms with van der Waals surface area (Å²) < 4.78 is 4.87. The fourth-order valence-corrected chi connectivity index (χ4v) is 2.06. The van der Waals surface area contributed by atoms with Gasteiger partial charge in [-0.3, -0.25) is 14.4 Å². The van der Waals surface area contributed by atoms with E-state index in [0.29, 0.717) is 5.56 Å². The number of ketones is 2. The van der Waals surface area contributed by atoms with Crippen molar-refractivity contribution >= 4 is 23.4 Å². The second kappa shape index (κ2) is 9.08. The van der Waals surface area contributed by atoms with Crippen molar-refractivity contribution in [2.75, 3.05) is 13.2 Å². The van der Waals surface area contributed by atoms with Crippen LogP contribution in [0.3, 0.4) is 0 Å². The van der Waals surface area contributed by atoms with Gasteiger partial charge in [0.1, 0.15) is 0 Å². The Bertz CT molecular complexity index is 825. The number of rotatable bonds is 8. The Hall–Kier alpha value is -3.54. The van der Waals surface area contributed by atoms with Crippen molar-refractivity contribution in [3.63, 3.8) is 0 Å². The van der Waals surface area contributed by atoms with Gasteiger partial charge in [0.25, 0.3) is 5.91 Å². The zero-order chi connectivity index (χ0) is 18.9. The number of carbonyl (C=O) groups excluding carboxylic acids is 4. The van der Waals surface area contributed by atoms with E-state index in [1.165, 1.54) is 30.3 Å². The van der Waals surface area contributed by atoms with Gasteiger partial charge in [0.15, 0.2) is 6.61 Å². The van der Waals surface area contributed by atoms with Crippen LogP contribution in [0.15, 0.2) is 67.3 Å². The summed E-state index contributed by atoms with van der Waals surface area (Å²) in [5.74, 6) is -2.44. The molecule has 0 saturated heterocycles. The van der Waals surface area contributed by atoms with Crippen molar-refractivity contribution in [3.8, 4) is 0 Å². The molecule has 0 aliphatic rings. The third-order valence-corrected chi connectivity index (χ3v) is 3.40. The van der Waals surface area contributed by atoms with Crippen LogP contribution in [-0.4, -0.2) is 36.6 Å². The molecule has 0 atom stereocenters. The van der Waals surface area contributed by atoms with Crippen molar-refractivity contribution in [2.24, 2.45) is 0 Å². The number of amides is 1. The second-order valence-electron chi connectivity index (χ2n) is 5.27. The van der Waals surface area contributed by atoms with E-state index in [0.717, 1.165) is 0 Å². The molecular weight excluding hydrogens is 334 g/mol. The minimum atomic E-state index is -0.702. The lowest BCUT2D eigenvalue weighted by molar-refractivity contribution is -0.124. The number of Topliss-reactive ketones (excluding diaryl/α,β-unsaturated/α-hetero) is 2. The lowest BCUT2D eigenvalue weighted by atomic mass is 10.0. The molecule has 2 rings (SSSR count). The van der Waals surface area contributed by atoms with Crippen molar-refractivity contribution < 1.29 is 23.9 Å². The highest BCUT2D eigenvalue weighted by molar-refractivity contribution is 6.49. The lowest BCUT2D eigenvalue weighted by Crippen LogP contribution is -2.28. The monoisotopic (exact) mass is 351 g/mol. The molecule has 0 bridgehead atoms. The second-order valence-corrected chi connectivity index (χ2v) is 5.27. The molecule has 6 heteroatoms. The molecule has 6 nitrogen and oxygen atoms in total. The van der Waals surface area contributed by atoms with Gasteiger partial charge in [-0.15, -0.1) is 6.58 Å². The third kappa shape index (κ3) is 4.98. The highest BCUT2D eigenvalue weighted by Crippen LogP contribution is 2.10. The molecule has 0 aliphatic heterocycles. The maximum absolute atomic E-state index is 12.2. The van der Waals surface area contributed by atoms with Crippen LogP contribution in [0.4, 0.5) is 0 Å². The standard InChI is InChI=1S/C20H17NO5/c1-2-12-21-17(22)13-26-20(25)16-10-8-15(9-11-16)19(24)18(23)14-6-4-3-5-7-14/h2-11H,1,12-13H2,(H,21,22). The van der Waals surface area contributed by atoms with E-state index in [1.807, 2.05) is 0 Å². The van der Waals surface area contributed by atoms with Crippen LogP contribution in [0.2, 0.25) is 0 Å². The van der Waals surface area contributed by atoms with Gasteiger partial charge in [0.2, 0.25) is 11.6 Å². The summed E-state index contributed by atoms with van der Waals surface area (Å²) in [6.07, 6.45) is 1.51. The molecule has 0 radical (unpaired) electrons. The molecule has 1 amide bonds. The van der Waals surface area contributed by atoms with Crippen LogP contribution in [0, 0.1) is 0 Å². The molecule has 26 heavy (non-hydrogen) atoms. The smallest absolute Gasteiger partial charge is 0.338 e. The number of carbonyl (C=O) groups is 4. The first-order valence-electron chi connectivity index (χ1n) is 7.81. The molecule has 0 heterocycles. The molecule has 0 unspecified atom stereocenters. The van der Waals surface area contributed by atoms with Crippen LogP contribution in [0.1, 0.15) is 31.1 Å². The van der Waals surface area contributed by atoms with Gasteiger partial charge in [0.05, 0.1) is 5.56 Å². The van der Waals surface area contributed by atoms with E-state index in [-0.39, 0.29) is 17.7 Å². The summed E-state index contributed by atoms with van der Waals surface area (Å²) in [7, 11) is 0. The maximum Gasteiger partial charge on any atom is 0.338 e. The molecule has 2 aromatic rings. The molecule has 1 N–H and O–H groups in total. The summed E-state index contributed by atoms with van der Waals surface area (Å²) >= 11 is 0. The van der Waals surface area contributed by atoms with Gasteiger partial charge in [-0.25, -0.2) is 4.79 Å². The largest absolute Gasteiger partial charge is 0.452 e. The van der Waals surface area contributed by atoms with Crippen molar-refractivity contribution in [2.45, 2.75) is 0 Å². The number of esters is 1. The van der Waals surface area contributed by atoms with Gasteiger partial charge in [-0.2, -0.15) is 0 Å². The zero-order valence-corrected chi connectivity index (χ0v) is 13.9. The Labute approximate surface area is 150 Å². The molecule has 0 spiro atoms. The number of ether oxygens (including phenoxy) is 1. The number of nitrogens with one attached hydrogen (secondary N) is 1.